The number of hydrogen-bond donors (Lipinski definition) is 1. The second-order valence-electron chi connectivity index (χ2n) is 7.62. The van der Waals surface area contributed by atoms with Crippen molar-refractivity contribution in [3.05, 3.63) is 95.8 Å². The summed E-state index contributed by atoms with van der Waals surface area (Å²) in [5.74, 6) is -0.535. The van der Waals surface area contributed by atoms with Gasteiger partial charge in [-0.15, -0.1) is 0 Å². The number of likely N-dealkylation sites (tertiary alicyclic amines) is 1. The zero-order chi connectivity index (χ0) is 21.8. The lowest BCUT2D eigenvalue weighted by atomic mass is 10.0. The Labute approximate surface area is 181 Å². The van der Waals surface area contributed by atoms with Crippen LogP contribution in [0.3, 0.4) is 0 Å². The van der Waals surface area contributed by atoms with Crippen molar-refractivity contribution in [1.82, 2.24) is 4.90 Å². The van der Waals surface area contributed by atoms with E-state index in [0.717, 1.165) is 19.3 Å². The summed E-state index contributed by atoms with van der Waals surface area (Å²) in [7, 11) is -3.84. The summed E-state index contributed by atoms with van der Waals surface area (Å²) in [6.45, 7) is 0.697. The summed E-state index contributed by atoms with van der Waals surface area (Å²) in [5, 5.41) is 0. The van der Waals surface area contributed by atoms with Crippen LogP contribution < -0.4 is 4.72 Å². The van der Waals surface area contributed by atoms with Gasteiger partial charge in [0.25, 0.3) is 15.9 Å². The van der Waals surface area contributed by atoms with E-state index in [9.17, 15) is 17.6 Å². The number of sulfonamides is 1. The topological polar surface area (TPSA) is 66.5 Å². The highest BCUT2D eigenvalue weighted by atomic mass is 32.2. The largest absolute Gasteiger partial charge is 0.335 e. The zero-order valence-electron chi connectivity index (χ0n) is 16.9. The molecule has 1 amide bonds. The molecule has 3 aromatic rings. The van der Waals surface area contributed by atoms with Crippen molar-refractivity contribution < 1.29 is 17.6 Å². The maximum atomic E-state index is 13.1. The molecule has 1 N–H and O–H groups in total. The van der Waals surface area contributed by atoms with Gasteiger partial charge in [-0.2, -0.15) is 0 Å². The fourth-order valence-corrected chi connectivity index (χ4v) is 4.93. The minimum absolute atomic E-state index is 0.0376. The van der Waals surface area contributed by atoms with Crippen LogP contribution in [0.1, 0.15) is 28.8 Å². The summed E-state index contributed by atoms with van der Waals surface area (Å²) in [5.41, 5.74) is 1.92. The van der Waals surface area contributed by atoms with Crippen LogP contribution in [0.2, 0.25) is 0 Å². The molecule has 5 nitrogen and oxygen atoms in total. The Kier molecular flexibility index (Phi) is 6.04. The average Bonchev–Trinajstić information content (AvgIpc) is 3.23. The number of hydrogen-bond acceptors (Lipinski definition) is 3. The van der Waals surface area contributed by atoms with Gasteiger partial charge in [0.15, 0.2) is 0 Å². The normalized spacial score (nSPS) is 16.3. The van der Waals surface area contributed by atoms with E-state index in [1.807, 2.05) is 23.1 Å². The number of carbonyl (C=O) groups excluding carboxylic acids is 1. The lowest BCUT2D eigenvalue weighted by Gasteiger charge is -2.25. The molecule has 1 saturated heterocycles. The smallest absolute Gasteiger partial charge is 0.261 e. The van der Waals surface area contributed by atoms with Crippen molar-refractivity contribution in [2.45, 2.75) is 30.2 Å². The van der Waals surface area contributed by atoms with Crippen LogP contribution in [0.15, 0.2) is 83.8 Å². The summed E-state index contributed by atoms with van der Waals surface area (Å²) in [4.78, 5) is 15.0. The number of nitrogens with zero attached hydrogens (tertiary/aromatic N) is 1. The molecule has 0 bridgehead atoms. The van der Waals surface area contributed by atoms with E-state index >= 15 is 0 Å². The second kappa shape index (κ2) is 8.89. The maximum Gasteiger partial charge on any atom is 0.261 e. The molecule has 0 spiro atoms. The molecule has 1 atom stereocenters. The highest BCUT2D eigenvalue weighted by Gasteiger charge is 2.29. The molecule has 3 aromatic carbocycles. The highest BCUT2D eigenvalue weighted by Crippen LogP contribution is 2.24. The summed E-state index contributed by atoms with van der Waals surface area (Å²) in [6.07, 6.45) is 2.71. The first-order valence-corrected chi connectivity index (χ1v) is 11.6. The third-order valence-electron chi connectivity index (χ3n) is 5.46. The number of nitrogens with one attached hydrogen (secondary N) is 1. The van der Waals surface area contributed by atoms with Crippen LogP contribution in [0.25, 0.3) is 0 Å². The van der Waals surface area contributed by atoms with Gasteiger partial charge in [-0.3, -0.25) is 9.52 Å². The number of anilines is 1. The van der Waals surface area contributed by atoms with Crippen LogP contribution >= 0.6 is 0 Å². The number of carbonyl (C=O) groups is 1. The lowest BCUT2D eigenvalue weighted by molar-refractivity contribution is 0.0736. The third-order valence-corrected chi connectivity index (χ3v) is 6.86. The van der Waals surface area contributed by atoms with Crippen molar-refractivity contribution in [3.8, 4) is 0 Å². The lowest BCUT2D eigenvalue weighted by Crippen LogP contribution is -2.36. The van der Waals surface area contributed by atoms with Crippen LogP contribution in [0.4, 0.5) is 10.1 Å². The molecule has 0 aromatic heterocycles. The van der Waals surface area contributed by atoms with Crippen LogP contribution in [0.5, 0.6) is 0 Å². The van der Waals surface area contributed by atoms with Gasteiger partial charge in [0.2, 0.25) is 0 Å². The van der Waals surface area contributed by atoms with Crippen LogP contribution in [0, 0.1) is 5.82 Å². The van der Waals surface area contributed by atoms with Gasteiger partial charge in [0, 0.05) is 23.8 Å². The third kappa shape index (κ3) is 4.94. The summed E-state index contributed by atoms with van der Waals surface area (Å²) < 4.78 is 40.6. The standard InChI is InChI=1S/C24H23FN2O3S/c25-20-10-12-21(13-11-20)26-31(29,30)23-14-8-19(9-15-23)24(28)27-16-4-7-22(27)17-18-5-2-1-3-6-18/h1-3,5-6,8-15,22,26H,4,7,16-17H2. The summed E-state index contributed by atoms with van der Waals surface area (Å²) >= 11 is 0. The second-order valence-corrected chi connectivity index (χ2v) is 9.30. The van der Waals surface area contributed by atoms with E-state index in [1.54, 1.807) is 12.1 Å². The predicted molar refractivity (Wildman–Crippen MR) is 118 cm³/mol. The first kappa shape index (κ1) is 21.1. The van der Waals surface area contributed by atoms with Crippen molar-refractivity contribution in [2.75, 3.05) is 11.3 Å². The number of rotatable bonds is 6. The van der Waals surface area contributed by atoms with E-state index in [1.165, 1.54) is 42.0 Å². The van der Waals surface area contributed by atoms with Crippen molar-refractivity contribution in [3.63, 3.8) is 0 Å². The fraction of sp³-hybridized carbons (Fsp3) is 0.208. The zero-order valence-corrected chi connectivity index (χ0v) is 17.7. The average molecular weight is 439 g/mol. The van der Waals surface area contributed by atoms with Crippen LogP contribution in [-0.4, -0.2) is 31.8 Å². The van der Waals surface area contributed by atoms with Gasteiger partial charge >= 0.3 is 0 Å². The van der Waals surface area contributed by atoms with Crippen molar-refractivity contribution >= 4 is 21.6 Å². The summed E-state index contributed by atoms with van der Waals surface area (Å²) in [6, 6.07) is 21.2. The Bertz CT molecular complexity index is 1150. The van der Waals surface area contributed by atoms with Crippen LogP contribution in [-0.2, 0) is 16.4 Å². The molecule has 4 rings (SSSR count). The Balaban J connectivity index is 1.46. The molecule has 1 aliphatic rings. The van der Waals surface area contributed by atoms with Crippen molar-refractivity contribution in [2.24, 2.45) is 0 Å². The van der Waals surface area contributed by atoms with E-state index in [4.69, 9.17) is 0 Å². The van der Waals surface area contributed by atoms with Gasteiger partial charge < -0.3 is 4.90 Å². The van der Waals surface area contributed by atoms with Gasteiger partial charge in [0.1, 0.15) is 5.82 Å². The Morgan fingerprint density at radius 2 is 1.65 bits per heavy atom. The molecular weight excluding hydrogens is 415 g/mol. The first-order valence-electron chi connectivity index (χ1n) is 10.2. The minimum atomic E-state index is -3.84. The molecule has 0 aliphatic carbocycles. The first-order chi connectivity index (χ1) is 14.9. The number of amides is 1. The highest BCUT2D eigenvalue weighted by molar-refractivity contribution is 7.92. The molecule has 7 heteroatoms. The predicted octanol–water partition coefficient (Wildman–Crippen LogP) is 4.47. The van der Waals surface area contributed by atoms with E-state index < -0.39 is 15.8 Å². The molecule has 1 unspecified atom stereocenters. The maximum absolute atomic E-state index is 13.1. The minimum Gasteiger partial charge on any atom is -0.335 e. The monoisotopic (exact) mass is 438 g/mol. The molecule has 0 saturated carbocycles. The van der Waals surface area contributed by atoms with Crippen molar-refractivity contribution in [1.29, 1.82) is 0 Å². The quantitative estimate of drug-likeness (QED) is 0.617. The molecule has 1 fully saturated rings. The molecule has 31 heavy (non-hydrogen) atoms. The Morgan fingerprint density at radius 3 is 2.32 bits per heavy atom. The number of benzene rings is 3. The molecule has 160 valence electrons. The Morgan fingerprint density at radius 1 is 0.968 bits per heavy atom. The van der Waals surface area contributed by atoms with Gasteiger partial charge in [-0.1, -0.05) is 30.3 Å². The van der Waals surface area contributed by atoms with E-state index in [-0.39, 0.29) is 22.5 Å². The van der Waals surface area contributed by atoms with Gasteiger partial charge in [0.05, 0.1) is 4.90 Å². The van der Waals surface area contributed by atoms with Gasteiger partial charge in [-0.25, -0.2) is 12.8 Å². The SMILES string of the molecule is O=C(c1ccc(S(=O)(=O)Nc2ccc(F)cc2)cc1)N1CCCC1Cc1ccccc1. The number of halogens is 1. The molecule has 1 heterocycles. The van der Waals surface area contributed by atoms with E-state index in [0.29, 0.717) is 12.1 Å². The molecule has 1 aliphatic heterocycles. The molecular formula is C24H23FN2O3S. The molecule has 0 radical (unpaired) electrons. The fourth-order valence-electron chi connectivity index (χ4n) is 3.88. The Hall–Kier alpha value is -3.19. The van der Waals surface area contributed by atoms with Gasteiger partial charge in [-0.05, 0) is 73.4 Å². The van der Waals surface area contributed by atoms with E-state index in [2.05, 4.69) is 16.9 Å².